The van der Waals surface area contributed by atoms with Crippen molar-refractivity contribution in [1.29, 1.82) is 0 Å². The molecule has 292 valence electrons. The Morgan fingerprint density at radius 2 is 1.91 bits per heavy atom. The molecule has 0 saturated heterocycles. The topological polar surface area (TPSA) is 157 Å². The van der Waals surface area contributed by atoms with Gasteiger partial charge in [0.1, 0.15) is 5.75 Å². The highest BCUT2D eigenvalue weighted by molar-refractivity contribution is 7.90. The summed E-state index contributed by atoms with van der Waals surface area (Å²) >= 11 is 6.45. The van der Waals surface area contributed by atoms with Gasteiger partial charge in [0.2, 0.25) is 15.9 Å². The SMILES string of the molecule is COC(=O)[C@@H](NC(=O)C[C@]1(OC)/C=C/C[C@H](C)[C@@H](C)S(=O)(=O)NC(=O)c2ccc3c(c2)N(C[C@@H]2CC[C@H]21)C[C@@]1(CCCc2cc(Cl)ccc21)CO3)C(C)=O. The summed E-state index contributed by atoms with van der Waals surface area (Å²) in [5, 5.41) is 2.29. The molecule has 2 aliphatic carbocycles. The lowest BCUT2D eigenvalue weighted by molar-refractivity contribution is -0.149. The molecular formula is C40H50ClN3O9S. The molecule has 12 nitrogen and oxygen atoms in total. The van der Waals surface area contributed by atoms with Crippen LogP contribution in [0.5, 0.6) is 5.75 Å². The van der Waals surface area contributed by atoms with Crippen LogP contribution in [0.25, 0.3) is 0 Å². The number of nitrogens with zero attached hydrogens (tertiary/aromatic N) is 1. The average molecular weight is 784 g/mol. The third kappa shape index (κ3) is 7.77. The maximum Gasteiger partial charge on any atom is 0.336 e. The minimum absolute atomic E-state index is 0.0185. The summed E-state index contributed by atoms with van der Waals surface area (Å²) in [5.74, 6) is -2.68. The van der Waals surface area contributed by atoms with Gasteiger partial charge < -0.3 is 24.4 Å². The first-order valence-electron chi connectivity index (χ1n) is 18.6. The second kappa shape index (κ2) is 15.7. The molecule has 2 aromatic rings. The number of allylic oxidation sites excluding steroid dienone is 1. The Morgan fingerprint density at radius 3 is 2.59 bits per heavy atom. The molecule has 1 spiro atoms. The molecule has 6 rings (SSSR count). The molecule has 2 aromatic carbocycles. The lowest BCUT2D eigenvalue weighted by atomic mass is 9.62. The van der Waals surface area contributed by atoms with Gasteiger partial charge in [0.05, 0.1) is 36.7 Å². The summed E-state index contributed by atoms with van der Waals surface area (Å²) in [6, 6.07) is 9.61. The zero-order valence-corrected chi connectivity index (χ0v) is 33.1. The molecule has 2 amide bonds. The second-order valence-electron chi connectivity index (χ2n) is 15.5. The van der Waals surface area contributed by atoms with Crippen molar-refractivity contribution in [2.24, 2.45) is 17.8 Å². The van der Waals surface area contributed by atoms with E-state index < -0.39 is 61.8 Å². The van der Waals surface area contributed by atoms with Crippen LogP contribution < -0.4 is 19.7 Å². The Kier molecular flexibility index (Phi) is 11.5. The van der Waals surface area contributed by atoms with Crippen molar-refractivity contribution < 1.29 is 41.8 Å². The van der Waals surface area contributed by atoms with E-state index in [1.165, 1.54) is 18.1 Å². The van der Waals surface area contributed by atoms with Crippen molar-refractivity contribution in [3.8, 4) is 5.75 Å². The number of nitrogens with one attached hydrogen (secondary N) is 2. The first-order chi connectivity index (χ1) is 25.6. The standard InChI is InChI=1S/C40H50ClN3O9S/c1-24-8-6-17-40(52-5,20-35(46)42-36(25(2)45)38(48)51-4)32-13-10-29(32)21-44-22-39(16-7-9-27-18-30(41)12-14-31(27)39)23-53-34-15-11-28(19-33(34)44)37(47)43-54(49,50)26(24)3/h6,11-12,14-15,17-19,24,26,29,32,36H,7-10,13,16,20-23H2,1-5H3,(H,42,46)(H,43,47)/b17-6+/t24-,26+,29-,32+,36-,39-,40+/m0/s1. The van der Waals surface area contributed by atoms with Gasteiger partial charge in [0.15, 0.2) is 11.8 Å². The number of sulfonamides is 1. The number of hydrogen-bond acceptors (Lipinski definition) is 10. The van der Waals surface area contributed by atoms with Crippen LogP contribution in [-0.4, -0.2) is 82.8 Å². The quantitative estimate of drug-likeness (QED) is 0.235. The van der Waals surface area contributed by atoms with E-state index in [1.54, 1.807) is 39.2 Å². The molecule has 1 fully saturated rings. The minimum Gasteiger partial charge on any atom is -0.490 e. The number of hydrogen-bond donors (Lipinski definition) is 2. The van der Waals surface area contributed by atoms with Gasteiger partial charge in [-0.25, -0.2) is 17.9 Å². The lowest BCUT2D eigenvalue weighted by Gasteiger charge is -2.50. The predicted octanol–water partition coefficient (Wildman–Crippen LogP) is 4.91. The predicted molar refractivity (Wildman–Crippen MR) is 204 cm³/mol. The third-order valence-electron chi connectivity index (χ3n) is 12.2. The van der Waals surface area contributed by atoms with Gasteiger partial charge in [-0.3, -0.25) is 14.4 Å². The van der Waals surface area contributed by atoms with Crippen LogP contribution in [0.4, 0.5) is 5.69 Å². The van der Waals surface area contributed by atoms with Crippen molar-refractivity contribution in [1.82, 2.24) is 10.0 Å². The number of aryl methyl sites for hydroxylation is 1. The number of amides is 2. The van der Waals surface area contributed by atoms with E-state index in [9.17, 15) is 27.6 Å². The van der Waals surface area contributed by atoms with E-state index in [4.69, 9.17) is 25.8 Å². The van der Waals surface area contributed by atoms with E-state index in [0.29, 0.717) is 42.6 Å². The molecule has 0 aromatic heterocycles. The van der Waals surface area contributed by atoms with E-state index in [2.05, 4.69) is 21.0 Å². The van der Waals surface area contributed by atoms with Crippen LogP contribution in [-0.2, 0) is 45.7 Å². The molecule has 2 aliphatic heterocycles. The van der Waals surface area contributed by atoms with Crippen molar-refractivity contribution in [3.05, 3.63) is 70.3 Å². The number of ether oxygens (including phenoxy) is 3. The van der Waals surface area contributed by atoms with Gasteiger partial charge in [-0.1, -0.05) is 36.7 Å². The molecule has 2 N–H and O–H groups in total. The molecule has 0 radical (unpaired) electrons. The van der Waals surface area contributed by atoms with Crippen LogP contribution >= 0.6 is 11.6 Å². The van der Waals surface area contributed by atoms with Crippen LogP contribution in [0.2, 0.25) is 5.02 Å². The number of benzene rings is 2. The Hall–Kier alpha value is -3.94. The van der Waals surface area contributed by atoms with Gasteiger partial charge in [0, 0.05) is 36.2 Å². The smallest absolute Gasteiger partial charge is 0.336 e. The van der Waals surface area contributed by atoms with Crippen LogP contribution in [0.3, 0.4) is 0 Å². The number of ketones is 1. The molecule has 2 bridgehead atoms. The van der Waals surface area contributed by atoms with E-state index in [-0.39, 0.29) is 23.8 Å². The fourth-order valence-electron chi connectivity index (χ4n) is 8.74. The van der Waals surface area contributed by atoms with E-state index in [1.807, 2.05) is 24.3 Å². The van der Waals surface area contributed by atoms with Gasteiger partial charge in [-0.15, -0.1) is 0 Å². The molecule has 7 atom stereocenters. The number of methoxy groups -OCH3 is 2. The molecule has 2 heterocycles. The second-order valence-corrected chi connectivity index (χ2v) is 18.0. The lowest BCUT2D eigenvalue weighted by Crippen LogP contribution is -2.55. The molecule has 1 saturated carbocycles. The van der Waals surface area contributed by atoms with E-state index in [0.717, 1.165) is 39.2 Å². The molecule has 4 aliphatic rings. The summed E-state index contributed by atoms with van der Waals surface area (Å²) < 4.78 is 47.0. The van der Waals surface area contributed by atoms with Gasteiger partial charge in [-0.05, 0) is 112 Å². The Labute approximate surface area is 322 Å². The molecule has 0 unspecified atom stereocenters. The number of carbonyl (C=O) groups is 4. The molecular weight excluding hydrogens is 734 g/mol. The summed E-state index contributed by atoms with van der Waals surface area (Å²) in [6.07, 6.45) is 8.06. The largest absolute Gasteiger partial charge is 0.490 e. The highest BCUT2D eigenvalue weighted by atomic mass is 35.5. The Balaban J connectivity index is 1.44. The zero-order chi connectivity index (χ0) is 39.0. The summed E-state index contributed by atoms with van der Waals surface area (Å²) in [5.41, 5.74) is 1.67. The fourth-order valence-corrected chi connectivity index (χ4v) is 10.2. The normalized spacial score (nSPS) is 30.2. The van der Waals surface area contributed by atoms with E-state index >= 15 is 0 Å². The fraction of sp³-hybridized carbons (Fsp3) is 0.550. The number of esters is 1. The summed E-state index contributed by atoms with van der Waals surface area (Å²) in [4.78, 5) is 54.3. The Morgan fingerprint density at radius 1 is 1.13 bits per heavy atom. The van der Waals surface area contributed by atoms with Crippen LogP contribution in [0, 0.1) is 17.8 Å². The first-order valence-corrected chi connectivity index (χ1v) is 20.5. The first kappa shape index (κ1) is 39.7. The number of Topliss-reactive ketones (excluding diaryl/α,β-unsaturated/α-hetero) is 1. The third-order valence-corrected chi connectivity index (χ3v) is 14.3. The van der Waals surface area contributed by atoms with Crippen molar-refractivity contribution in [2.45, 2.75) is 88.0 Å². The highest BCUT2D eigenvalue weighted by Crippen LogP contribution is 2.50. The zero-order valence-electron chi connectivity index (χ0n) is 31.5. The molecule has 54 heavy (non-hydrogen) atoms. The Bertz CT molecular complexity index is 1950. The maximum atomic E-state index is 13.7. The van der Waals surface area contributed by atoms with Gasteiger partial charge >= 0.3 is 5.97 Å². The van der Waals surface area contributed by atoms with Gasteiger partial charge in [0.25, 0.3) is 5.91 Å². The minimum atomic E-state index is -4.09. The maximum absolute atomic E-state index is 13.7. The van der Waals surface area contributed by atoms with Crippen molar-refractivity contribution >= 4 is 50.9 Å². The van der Waals surface area contributed by atoms with Crippen LogP contribution in [0.15, 0.2) is 48.6 Å². The van der Waals surface area contributed by atoms with Crippen LogP contribution in [0.1, 0.15) is 80.8 Å². The van der Waals surface area contributed by atoms with Crippen molar-refractivity contribution in [2.75, 3.05) is 38.8 Å². The number of carbonyl (C=O) groups excluding carboxylic acids is 4. The highest BCUT2D eigenvalue weighted by Gasteiger charge is 2.50. The summed E-state index contributed by atoms with van der Waals surface area (Å²) in [7, 11) is -1.40. The number of anilines is 1. The molecule has 14 heteroatoms. The average Bonchev–Trinajstić information content (AvgIpc) is 3.27. The number of fused-ring (bicyclic) bond motifs is 4. The summed E-state index contributed by atoms with van der Waals surface area (Å²) in [6.45, 7) is 6.05. The van der Waals surface area contributed by atoms with Crippen molar-refractivity contribution in [3.63, 3.8) is 0 Å². The van der Waals surface area contributed by atoms with Gasteiger partial charge in [-0.2, -0.15) is 0 Å². The monoisotopic (exact) mass is 783 g/mol. The number of halogens is 1. The number of rotatable bonds is 6.